The van der Waals surface area contributed by atoms with Gasteiger partial charge in [-0.1, -0.05) is 13.8 Å². The molecule has 0 heterocycles. The third kappa shape index (κ3) is 9.53. The van der Waals surface area contributed by atoms with Crippen LogP contribution >= 0.6 is 0 Å². The van der Waals surface area contributed by atoms with E-state index in [4.69, 9.17) is 18.9 Å². The van der Waals surface area contributed by atoms with Crippen LogP contribution < -0.4 is 0 Å². The normalized spacial score (nSPS) is 13.6. The quantitative estimate of drug-likeness (QED) is 0.527. The molecular formula is C13H28O4. The third-order valence-corrected chi connectivity index (χ3v) is 2.06. The standard InChI is InChI=1S/C13H28O4/c1-6-14-12(15-7-2)9-13(16-8-3)17-10-11(4)5/h11-13H,6-10H2,1-5H3. The minimum absolute atomic E-state index is 0.242. The summed E-state index contributed by atoms with van der Waals surface area (Å²) in [6, 6.07) is 0. The fourth-order valence-electron chi connectivity index (χ4n) is 1.38. The smallest absolute Gasteiger partial charge is 0.162 e. The van der Waals surface area contributed by atoms with Gasteiger partial charge < -0.3 is 18.9 Å². The van der Waals surface area contributed by atoms with E-state index in [1.165, 1.54) is 0 Å². The van der Waals surface area contributed by atoms with Crippen LogP contribution in [0, 0.1) is 5.92 Å². The summed E-state index contributed by atoms with van der Waals surface area (Å²) < 4.78 is 22.2. The van der Waals surface area contributed by atoms with Crippen LogP contribution in [0.5, 0.6) is 0 Å². The number of hydrogen-bond donors (Lipinski definition) is 0. The zero-order valence-corrected chi connectivity index (χ0v) is 11.9. The van der Waals surface area contributed by atoms with Gasteiger partial charge in [0.1, 0.15) is 0 Å². The molecule has 4 heteroatoms. The summed E-state index contributed by atoms with van der Waals surface area (Å²) in [5.41, 5.74) is 0. The molecule has 0 aliphatic carbocycles. The SMILES string of the molecule is CCOC(CC(OCC)OCC(C)C)OCC. The zero-order valence-electron chi connectivity index (χ0n) is 11.9. The molecule has 0 bridgehead atoms. The maximum absolute atomic E-state index is 5.68. The van der Waals surface area contributed by atoms with Gasteiger partial charge >= 0.3 is 0 Å². The Morgan fingerprint density at radius 1 is 0.706 bits per heavy atom. The van der Waals surface area contributed by atoms with Crippen molar-refractivity contribution < 1.29 is 18.9 Å². The Morgan fingerprint density at radius 3 is 1.47 bits per heavy atom. The largest absolute Gasteiger partial charge is 0.353 e. The van der Waals surface area contributed by atoms with Gasteiger partial charge in [-0.05, 0) is 26.7 Å². The van der Waals surface area contributed by atoms with Crippen LogP contribution in [0.25, 0.3) is 0 Å². The van der Waals surface area contributed by atoms with Crippen molar-refractivity contribution in [3.8, 4) is 0 Å². The maximum atomic E-state index is 5.68. The van der Waals surface area contributed by atoms with Gasteiger partial charge in [0.2, 0.25) is 0 Å². The lowest BCUT2D eigenvalue weighted by Crippen LogP contribution is -2.29. The lowest BCUT2D eigenvalue weighted by atomic mass is 10.2. The summed E-state index contributed by atoms with van der Waals surface area (Å²) >= 11 is 0. The van der Waals surface area contributed by atoms with Crippen LogP contribution in [0.2, 0.25) is 0 Å². The van der Waals surface area contributed by atoms with Crippen molar-refractivity contribution in [2.45, 2.75) is 53.6 Å². The molecule has 0 aromatic rings. The fraction of sp³-hybridized carbons (Fsp3) is 1.00. The Labute approximate surface area is 106 Å². The number of rotatable bonds is 11. The molecule has 0 saturated heterocycles. The predicted octanol–water partition coefficient (Wildman–Crippen LogP) is 2.81. The predicted molar refractivity (Wildman–Crippen MR) is 67.9 cm³/mol. The molecule has 4 nitrogen and oxygen atoms in total. The fourth-order valence-corrected chi connectivity index (χ4v) is 1.38. The highest BCUT2D eigenvalue weighted by atomic mass is 16.7. The lowest BCUT2D eigenvalue weighted by Gasteiger charge is -2.24. The summed E-state index contributed by atoms with van der Waals surface area (Å²) in [4.78, 5) is 0. The summed E-state index contributed by atoms with van der Waals surface area (Å²) in [7, 11) is 0. The van der Waals surface area contributed by atoms with Crippen molar-refractivity contribution in [1.82, 2.24) is 0 Å². The Balaban J connectivity index is 4.07. The van der Waals surface area contributed by atoms with E-state index in [0.29, 0.717) is 38.8 Å². The van der Waals surface area contributed by atoms with Crippen LogP contribution in [0.3, 0.4) is 0 Å². The lowest BCUT2D eigenvalue weighted by molar-refractivity contribution is -0.211. The van der Waals surface area contributed by atoms with Crippen molar-refractivity contribution in [2.75, 3.05) is 26.4 Å². The highest BCUT2D eigenvalue weighted by molar-refractivity contribution is 4.53. The van der Waals surface area contributed by atoms with Gasteiger partial charge in [-0.2, -0.15) is 0 Å². The van der Waals surface area contributed by atoms with Crippen LogP contribution in [-0.2, 0) is 18.9 Å². The molecule has 0 saturated carbocycles. The third-order valence-electron chi connectivity index (χ3n) is 2.06. The van der Waals surface area contributed by atoms with Crippen molar-refractivity contribution in [3.05, 3.63) is 0 Å². The molecule has 0 N–H and O–H groups in total. The monoisotopic (exact) mass is 248 g/mol. The van der Waals surface area contributed by atoms with Crippen molar-refractivity contribution >= 4 is 0 Å². The van der Waals surface area contributed by atoms with E-state index in [1.54, 1.807) is 0 Å². The van der Waals surface area contributed by atoms with Gasteiger partial charge in [-0.3, -0.25) is 0 Å². The van der Waals surface area contributed by atoms with Crippen LogP contribution in [0.4, 0.5) is 0 Å². The van der Waals surface area contributed by atoms with E-state index in [1.807, 2.05) is 20.8 Å². The Morgan fingerprint density at radius 2 is 1.12 bits per heavy atom. The summed E-state index contributed by atoms with van der Waals surface area (Å²) in [6.45, 7) is 12.7. The van der Waals surface area contributed by atoms with E-state index < -0.39 is 0 Å². The van der Waals surface area contributed by atoms with E-state index in [2.05, 4.69) is 13.8 Å². The second kappa shape index (κ2) is 11.0. The molecule has 0 fully saturated rings. The van der Waals surface area contributed by atoms with Gasteiger partial charge in [0.25, 0.3) is 0 Å². The molecule has 0 radical (unpaired) electrons. The highest BCUT2D eigenvalue weighted by Crippen LogP contribution is 2.11. The Hall–Kier alpha value is -0.160. The first-order chi connectivity index (χ1) is 8.13. The minimum Gasteiger partial charge on any atom is -0.353 e. The number of hydrogen-bond acceptors (Lipinski definition) is 4. The van der Waals surface area contributed by atoms with E-state index in [-0.39, 0.29) is 12.6 Å². The summed E-state index contributed by atoms with van der Waals surface area (Å²) in [6.07, 6.45) is 0.126. The first kappa shape index (κ1) is 16.8. The molecule has 17 heavy (non-hydrogen) atoms. The minimum atomic E-state index is -0.245. The molecule has 0 rings (SSSR count). The van der Waals surface area contributed by atoms with E-state index in [0.717, 1.165) is 0 Å². The average molecular weight is 248 g/mol. The summed E-state index contributed by atoms with van der Waals surface area (Å²) in [5.74, 6) is 0.496. The average Bonchev–Trinajstić information content (AvgIpc) is 2.27. The molecule has 0 aliphatic heterocycles. The molecular weight excluding hydrogens is 220 g/mol. The van der Waals surface area contributed by atoms with E-state index in [9.17, 15) is 0 Å². The molecule has 0 spiro atoms. The number of ether oxygens (including phenoxy) is 4. The molecule has 104 valence electrons. The van der Waals surface area contributed by atoms with Gasteiger partial charge in [0.05, 0.1) is 6.61 Å². The molecule has 0 aliphatic rings. The van der Waals surface area contributed by atoms with Gasteiger partial charge in [-0.15, -0.1) is 0 Å². The van der Waals surface area contributed by atoms with Gasteiger partial charge in [0, 0.05) is 26.2 Å². The molecule has 0 amide bonds. The van der Waals surface area contributed by atoms with Crippen molar-refractivity contribution in [3.63, 3.8) is 0 Å². The van der Waals surface area contributed by atoms with Crippen LogP contribution in [0.15, 0.2) is 0 Å². The molecule has 0 aromatic heterocycles. The second-order valence-corrected chi connectivity index (χ2v) is 4.19. The Kier molecular flexibility index (Phi) is 10.9. The molecule has 0 aromatic carbocycles. The summed E-state index contributed by atoms with van der Waals surface area (Å²) in [5, 5.41) is 0. The maximum Gasteiger partial charge on any atom is 0.162 e. The van der Waals surface area contributed by atoms with Crippen LogP contribution in [0.1, 0.15) is 41.0 Å². The second-order valence-electron chi connectivity index (χ2n) is 4.19. The van der Waals surface area contributed by atoms with Crippen molar-refractivity contribution in [2.24, 2.45) is 5.92 Å². The van der Waals surface area contributed by atoms with E-state index >= 15 is 0 Å². The van der Waals surface area contributed by atoms with Gasteiger partial charge in [-0.25, -0.2) is 0 Å². The van der Waals surface area contributed by atoms with Crippen LogP contribution in [-0.4, -0.2) is 39.0 Å². The molecule has 1 atom stereocenters. The highest BCUT2D eigenvalue weighted by Gasteiger charge is 2.18. The van der Waals surface area contributed by atoms with Crippen molar-refractivity contribution in [1.29, 1.82) is 0 Å². The topological polar surface area (TPSA) is 36.9 Å². The zero-order chi connectivity index (χ0) is 13.1. The first-order valence-corrected chi connectivity index (χ1v) is 6.60. The Bertz CT molecular complexity index is 155. The first-order valence-electron chi connectivity index (χ1n) is 6.60. The van der Waals surface area contributed by atoms with Gasteiger partial charge in [0.15, 0.2) is 12.6 Å². The molecule has 1 unspecified atom stereocenters.